The molecule has 24 heavy (non-hydrogen) atoms. The summed E-state index contributed by atoms with van der Waals surface area (Å²) in [5.41, 5.74) is 4.77. The van der Waals surface area contributed by atoms with Gasteiger partial charge in [0.05, 0.1) is 11.9 Å². The summed E-state index contributed by atoms with van der Waals surface area (Å²) in [5.74, 6) is -0.260. The second kappa shape index (κ2) is 6.13. The number of hydrogen-bond acceptors (Lipinski definition) is 2. The van der Waals surface area contributed by atoms with E-state index in [9.17, 15) is 4.39 Å². The summed E-state index contributed by atoms with van der Waals surface area (Å²) >= 11 is 0. The number of nitrogens with zero attached hydrogens (tertiary/aromatic N) is 1. The van der Waals surface area contributed by atoms with Crippen LogP contribution >= 0.6 is 0 Å². The first-order chi connectivity index (χ1) is 11.8. The Bertz CT molecular complexity index is 983. The van der Waals surface area contributed by atoms with Crippen LogP contribution in [-0.4, -0.2) is 6.21 Å². The molecule has 1 N–H and O–H groups in total. The van der Waals surface area contributed by atoms with Crippen molar-refractivity contribution in [3.63, 3.8) is 0 Å². The highest BCUT2D eigenvalue weighted by Crippen LogP contribution is 2.27. The fourth-order valence-corrected chi connectivity index (χ4v) is 2.88. The fraction of sp³-hybridized carbons (Fsp3) is 0. The van der Waals surface area contributed by atoms with Crippen LogP contribution in [0.25, 0.3) is 21.5 Å². The zero-order valence-corrected chi connectivity index (χ0v) is 12.9. The number of hydrazone groups is 1. The lowest BCUT2D eigenvalue weighted by Crippen LogP contribution is -1.93. The van der Waals surface area contributed by atoms with Crippen molar-refractivity contribution < 1.29 is 4.39 Å². The van der Waals surface area contributed by atoms with Crippen LogP contribution in [-0.2, 0) is 0 Å². The summed E-state index contributed by atoms with van der Waals surface area (Å²) < 4.78 is 13.0. The molecule has 0 heterocycles. The van der Waals surface area contributed by atoms with Gasteiger partial charge >= 0.3 is 0 Å². The first kappa shape index (κ1) is 14.4. The molecule has 3 heteroatoms. The smallest absolute Gasteiger partial charge is 0.123 e. The summed E-state index contributed by atoms with van der Waals surface area (Å²) in [7, 11) is 0. The maximum atomic E-state index is 13.0. The molecule has 4 aromatic carbocycles. The number of hydrogen-bond donors (Lipinski definition) is 1. The molecule has 0 atom stereocenters. The van der Waals surface area contributed by atoms with E-state index in [1.165, 1.54) is 22.9 Å². The molecule has 0 bridgehead atoms. The summed E-state index contributed by atoms with van der Waals surface area (Å²) in [6, 6.07) is 24.9. The van der Waals surface area contributed by atoms with Crippen molar-refractivity contribution in [2.75, 3.05) is 5.43 Å². The summed E-state index contributed by atoms with van der Waals surface area (Å²) in [6.45, 7) is 0. The molecule has 4 aromatic rings. The van der Waals surface area contributed by atoms with Crippen LogP contribution in [0.15, 0.2) is 84.0 Å². The van der Waals surface area contributed by atoms with Crippen LogP contribution in [0, 0.1) is 5.82 Å². The van der Waals surface area contributed by atoms with Gasteiger partial charge in [-0.25, -0.2) is 4.39 Å². The molecular formula is C21H15FN2. The van der Waals surface area contributed by atoms with Gasteiger partial charge in [0, 0.05) is 5.56 Å². The van der Waals surface area contributed by atoms with Crippen molar-refractivity contribution >= 4 is 33.4 Å². The first-order valence-corrected chi connectivity index (χ1v) is 7.76. The molecule has 0 saturated carbocycles. The Morgan fingerprint density at radius 1 is 0.750 bits per heavy atom. The third kappa shape index (κ3) is 2.72. The van der Waals surface area contributed by atoms with E-state index in [-0.39, 0.29) is 5.82 Å². The predicted octanol–water partition coefficient (Wildman–Crippen LogP) is 5.58. The lowest BCUT2D eigenvalue weighted by molar-refractivity contribution is 0.628. The van der Waals surface area contributed by atoms with Crippen LogP contribution in [0.5, 0.6) is 0 Å². The van der Waals surface area contributed by atoms with Gasteiger partial charge in [0.25, 0.3) is 0 Å². The van der Waals surface area contributed by atoms with Gasteiger partial charge in [0.1, 0.15) is 5.82 Å². The van der Waals surface area contributed by atoms with Crippen LogP contribution in [0.1, 0.15) is 5.56 Å². The molecular weight excluding hydrogens is 299 g/mol. The molecule has 0 aromatic heterocycles. The Morgan fingerprint density at radius 2 is 1.33 bits per heavy atom. The molecule has 0 aliphatic heterocycles. The molecule has 0 aliphatic rings. The van der Waals surface area contributed by atoms with Gasteiger partial charge in [-0.05, 0) is 51.9 Å². The lowest BCUT2D eigenvalue weighted by Gasteiger charge is -2.08. The quantitative estimate of drug-likeness (QED) is 0.298. The summed E-state index contributed by atoms with van der Waals surface area (Å²) in [4.78, 5) is 0. The Labute approximate surface area is 139 Å². The predicted molar refractivity (Wildman–Crippen MR) is 99.1 cm³/mol. The Hall–Kier alpha value is -3.20. The standard InChI is InChI=1S/C21H15FN2/c22-17-9-11-18(12-10-17)24-23-14-21-19-7-3-1-5-15(19)13-16-6-2-4-8-20(16)21/h1-14,24H/b23-14-. The molecule has 0 amide bonds. The van der Waals surface area contributed by atoms with Gasteiger partial charge in [0.15, 0.2) is 0 Å². The van der Waals surface area contributed by atoms with Gasteiger partial charge < -0.3 is 0 Å². The van der Waals surface area contributed by atoms with E-state index in [0.717, 1.165) is 22.0 Å². The number of halogens is 1. The van der Waals surface area contributed by atoms with E-state index in [2.05, 4.69) is 40.9 Å². The van der Waals surface area contributed by atoms with Crippen LogP contribution < -0.4 is 5.43 Å². The van der Waals surface area contributed by atoms with Crippen LogP contribution in [0.4, 0.5) is 10.1 Å². The zero-order valence-electron chi connectivity index (χ0n) is 12.9. The minimum Gasteiger partial charge on any atom is -0.279 e. The third-order valence-electron chi connectivity index (χ3n) is 4.04. The molecule has 0 fully saturated rings. The van der Waals surface area contributed by atoms with E-state index >= 15 is 0 Å². The van der Waals surface area contributed by atoms with E-state index in [0.29, 0.717) is 0 Å². The Kier molecular flexibility index (Phi) is 3.67. The molecule has 0 unspecified atom stereocenters. The molecule has 0 saturated heterocycles. The van der Waals surface area contributed by atoms with Crippen LogP contribution in [0.2, 0.25) is 0 Å². The zero-order chi connectivity index (χ0) is 16.4. The SMILES string of the molecule is Fc1ccc(N/N=C\c2c3ccccc3cc3ccccc23)cc1. The third-order valence-corrected chi connectivity index (χ3v) is 4.04. The van der Waals surface area contributed by atoms with Gasteiger partial charge in [-0.3, -0.25) is 5.43 Å². The average Bonchev–Trinajstić information content (AvgIpc) is 2.63. The fourth-order valence-electron chi connectivity index (χ4n) is 2.88. The highest BCUT2D eigenvalue weighted by Gasteiger charge is 2.05. The minimum absolute atomic E-state index is 0.260. The first-order valence-electron chi connectivity index (χ1n) is 7.76. The maximum absolute atomic E-state index is 13.0. The number of rotatable bonds is 3. The van der Waals surface area contributed by atoms with E-state index in [1.54, 1.807) is 12.1 Å². The van der Waals surface area contributed by atoms with Crippen molar-refractivity contribution in [3.8, 4) is 0 Å². The highest BCUT2D eigenvalue weighted by molar-refractivity contribution is 6.13. The van der Waals surface area contributed by atoms with Gasteiger partial charge in [-0.15, -0.1) is 0 Å². The van der Waals surface area contributed by atoms with E-state index in [4.69, 9.17) is 0 Å². The Balaban J connectivity index is 1.78. The highest BCUT2D eigenvalue weighted by atomic mass is 19.1. The van der Waals surface area contributed by atoms with Crippen LogP contribution in [0.3, 0.4) is 0 Å². The molecule has 0 aliphatic carbocycles. The molecule has 0 radical (unpaired) electrons. The second-order valence-corrected chi connectivity index (χ2v) is 5.61. The van der Waals surface area contributed by atoms with E-state index in [1.807, 2.05) is 30.5 Å². The topological polar surface area (TPSA) is 24.4 Å². The average molecular weight is 314 g/mol. The number of fused-ring (bicyclic) bond motifs is 2. The van der Waals surface area contributed by atoms with Crippen molar-refractivity contribution in [1.82, 2.24) is 0 Å². The van der Waals surface area contributed by atoms with Gasteiger partial charge in [0.2, 0.25) is 0 Å². The monoisotopic (exact) mass is 314 g/mol. The maximum Gasteiger partial charge on any atom is 0.123 e. The van der Waals surface area contributed by atoms with Crippen molar-refractivity contribution in [2.45, 2.75) is 0 Å². The van der Waals surface area contributed by atoms with Crippen molar-refractivity contribution in [1.29, 1.82) is 0 Å². The molecule has 116 valence electrons. The number of anilines is 1. The largest absolute Gasteiger partial charge is 0.279 e. The molecule has 2 nitrogen and oxygen atoms in total. The molecule has 0 spiro atoms. The van der Waals surface area contributed by atoms with Crippen molar-refractivity contribution in [3.05, 3.63) is 90.2 Å². The van der Waals surface area contributed by atoms with Crippen molar-refractivity contribution in [2.24, 2.45) is 5.10 Å². The molecule has 4 rings (SSSR count). The minimum atomic E-state index is -0.260. The normalized spacial score (nSPS) is 11.4. The number of benzene rings is 4. The summed E-state index contributed by atoms with van der Waals surface area (Å²) in [6.07, 6.45) is 1.83. The summed E-state index contributed by atoms with van der Waals surface area (Å²) in [5, 5.41) is 9.01. The van der Waals surface area contributed by atoms with E-state index < -0.39 is 0 Å². The Morgan fingerprint density at radius 3 is 1.96 bits per heavy atom. The lowest BCUT2D eigenvalue weighted by atomic mass is 9.97. The number of nitrogens with one attached hydrogen (secondary N) is 1. The second-order valence-electron chi connectivity index (χ2n) is 5.61. The van der Waals surface area contributed by atoms with Gasteiger partial charge in [-0.1, -0.05) is 48.5 Å². The van der Waals surface area contributed by atoms with Gasteiger partial charge in [-0.2, -0.15) is 5.10 Å².